The van der Waals surface area contributed by atoms with E-state index in [4.69, 9.17) is 0 Å². The summed E-state index contributed by atoms with van der Waals surface area (Å²) < 4.78 is 0. The standard InChI is InChI=1S/C28H29P/c1-19-16-17-26(28-22(4)20(2)21(3)23(28)5)27(18-19)29(24-12-8-6-9-13-24)25-14-10-7-11-15-25/h6-18,22H,1-5H3. The van der Waals surface area contributed by atoms with E-state index in [9.17, 15) is 0 Å². The Morgan fingerprint density at radius 3 is 1.69 bits per heavy atom. The van der Waals surface area contributed by atoms with Crippen molar-refractivity contribution in [3.05, 3.63) is 107 Å². The van der Waals surface area contributed by atoms with E-state index in [1.54, 1.807) is 0 Å². The molecule has 0 nitrogen and oxygen atoms in total. The fourth-order valence-corrected chi connectivity index (χ4v) is 7.00. The van der Waals surface area contributed by atoms with Gasteiger partial charge in [0, 0.05) is 5.92 Å². The molecular formula is C28H29P. The maximum absolute atomic E-state index is 2.43. The Bertz CT molecular complexity index is 1050. The molecule has 3 aromatic rings. The van der Waals surface area contributed by atoms with Gasteiger partial charge >= 0.3 is 0 Å². The van der Waals surface area contributed by atoms with Crippen LogP contribution in [0.5, 0.6) is 0 Å². The fourth-order valence-electron chi connectivity index (χ4n) is 4.43. The van der Waals surface area contributed by atoms with E-state index >= 15 is 0 Å². The Labute approximate surface area is 176 Å². The summed E-state index contributed by atoms with van der Waals surface area (Å²) in [4.78, 5) is 0. The highest BCUT2D eigenvalue weighted by molar-refractivity contribution is 7.80. The number of allylic oxidation sites excluding steroid dienone is 4. The van der Waals surface area contributed by atoms with Crippen molar-refractivity contribution in [2.75, 3.05) is 0 Å². The lowest BCUT2D eigenvalue weighted by Gasteiger charge is -2.25. The molecule has 0 bridgehead atoms. The van der Waals surface area contributed by atoms with Gasteiger partial charge in [0.05, 0.1) is 0 Å². The predicted octanol–water partition coefficient (Wildman–Crippen LogP) is 6.51. The van der Waals surface area contributed by atoms with Gasteiger partial charge in [0.2, 0.25) is 0 Å². The van der Waals surface area contributed by atoms with Crippen LogP contribution in [0.15, 0.2) is 95.6 Å². The van der Waals surface area contributed by atoms with Gasteiger partial charge in [0.15, 0.2) is 0 Å². The third kappa shape index (κ3) is 3.63. The van der Waals surface area contributed by atoms with E-state index in [0.29, 0.717) is 5.92 Å². The second-order valence-corrected chi connectivity index (χ2v) is 10.3. The lowest BCUT2D eigenvalue weighted by molar-refractivity contribution is 0.896. The average Bonchev–Trinajstić information content (AvgIpc) is 2.93. The summed E-state index contributed by atoms with van der Waals surface area (Å²) in [7, 11) is -0.618. The maximum atomic E-state index is 2.43. The summed E-state index contributed by atoms with van der Waals surface area (Å²) in [5.41, 5.74) is 8.69. The van der Waals surface area contributed by atoms with E-state index in [1.807, 2.05) is 0 Å². The summed E-state index contributed by atoms with van der Waals surface area (Å²) in [5, 5.41) is 4.29. The number of rotatable bonds is 4. The van der Waals surface area contributed by atoms with Crippen LogP contribution in [0.3, 0.4) is 0 Å². The minimum Gasteiger partial charge on any atom is -0.0629 e. The quantitative estimate of drug-likeness (QED) is 0.441. The smallest absolute Gasteiger partial charge is 0.00317 e. The van der Waals surface area contributed by atoms with E-state index < -0.39 is 7.92 Å². The van der Waals surface area contributed by atoms with Crippen LogP contribution in [-0.2, 0) is 0 Å². The Kier molecular flexibility index (Phi) is 5.57. The largest absolute Gasteiger partial charge is 0.0629 e. The highest BCUT2D eigenvalue weighted by atomic mass is 31.1. The van der Waals surface area contributed by atoms with Gasteiger partial charge < -0.3 is 0 Å². The van der Waals surface area contributed by atoms with Crippen LogP contribution in [0, 0.1) is 12.8 Å². The van der Waals surface area contributed by atoms with Crippen LogP contribution < -0.4 is 15.9 Å². The van der Waals surface area contributed by atoms with E-state index in [2.05, 4.69) is 113 Å². The summed E-state index contributed by atoms with van der Waals surface area (Å²) in [6.45, 7) is 11.4. The molecule has 4 rings (SSSR count). The highest BCUT2D eigenvalue weighted by Crippen LogP contribution is 2.45. The van der Waals surface area contributed by atoms with Crippen LogP contribution in [0.25, 0.3) is 5.57 Å². The molecule has 0 radical (unpaired) electrons. The van der Waals surface area contributed by atoms with Gasteiger partial charge in [-0.2, -0.15) is 0 Å². The van der Waals surface area contributed by atoms with Crippen molar-refractivity contribution in [3.8, 4) is 0 Å². The van der Waals surface area contributed by atoms with Gasteiger partial charge in [-0.3, -0.25) is 0 Å². The summed E-state index contributed by atoms with van der Waals surface area (Å²) in [6.07, 6.45) is 0. The molecule has 0 aliphatic heterocycles. The first-order chi connectivity index (χ1) is 14.0. The second kappa shape index (κ2) is 8.13. The first-order valence-corrected chi connectivity index (χ1v) is 11.7. The Morgan fingerprint density at radius 2 is 1.21 bits per heavy atom. The van der Waals surface area contributed by atoms with Crippen molar-refractivity contribution in [2.45, 2.75) is 34.6 Å². The van der Waals surface area contributed by atoms with Gasteiger partial charge in [0.1, 0.15) is 0 Å². The molecule has 0 saturated heterocycles. The summed E-state index contributed by atoms with van der Waals surface area (Å²) in [6, 6.07) is 29.1. The van der Waals surface area contributed by atoms with E-state index in [1.165, 1.54) is 49.3 Å². The normalized spacial score (nSPS) is 16.8. The zero-order chi connectivity index (χ0) is 20.5. The van der Waals surface area contributed by atoms with Crippen LogP contribution in [0.4, 0.5) is 0 Å². The molecule has 29 heavy (non-hydrogen) atoms. The second-order valence-electron chi connectivity index (χ2n) is 8.10. The Balaban J connectivity index is 1.97. The fraction of sp³-hybridized carbons (Fsp3) is 0.214. The van der Waals surface area contributed by atoms with Crippen LogP contribution in [0.2, 0.25) is 0 Å². The summed E-state index contributed by atoms with van der Waals surface area (Å²) in [5.74, 6) is 0.472. The van der Waals surface area contributed by atoms with Crippen molar-refractivity contribution >= 4 is 29.4 Å². The molecule has 1 atom stereocenters. The molecule has 1 heteroatoms. The van der Waals surface area contributed by atoms with Gasteiger partial charge in [-0.15, -0.1) is 0 Å². The molecule has 0 amide bonds. The topological polar surface area (TPSA) is 0 Å². The minimum absolute atomic E-state index is 0.472. The zero-order valence-electron chi connectivity index (χ0n) is 18.0. The van der Waals surface area contributed by atoms with Crippen molar-refractivity contribution in [1.82, 2.24) is 0 Å². The number of aryl methyl sites for hydroxylation is 1. The van der Waals surface area contributed by atoms with Crippen molar-refractivity contribution in [1.29, 1.82) is 0 Å². The highest BCUT2D eigenvalue weighted by Gasteiger charge is 2.29. The Morgan fingerprint density at radius 1 is 0.655 bits per heavy atom. The Hall–Kier alpha value is -2.43. The van der Waals surface area contributed by atoms with Crippen LogP contribution >= 0.6 is 7.92 Å². The monoisotopic (exact) mass is 396 g/mol. The molecule has 1 aliphatic rings. The molecule has 1 unspecified atom stereocenters. The van der Waals surface area contributed by atoms with Gasteiger partial charge in [-0.1, -0.05) is 96.9 Å². The molecule has 0 aromatic heterocycles. The van der Waals surface area contributed by atoms with E-state index in [-0.39, 0.29) is 0 Å². The summed E-state index contributed by atoms with van der Waals surface area (Å²) >= 11 is 0. The SMILES string of the molecule is CC1=C(C)C(C)C(c2ccc(C)cc2P(c2ccccc2)c2ccccc2)=C1C. The van der Waals surface area contributed by atoms with Crippen molar-refractivity contribution in [3.63, 3.8) is 0 Å². The predicted molar refractivity (Wildman–Crippen MR) is 130 cm³/mol. The molecule has 146 valence electrons. The van der Waals surface area contributed by atoms with E-state index in [0.717, 1.165) is 0 Å². The van der Waals surface area contributed by atoms with Crippen LogP contribution in [-0.4, -0.2) is 0 Å². The molecule has 1 aliphatic carbocycles. The van der Waals surface area contributed by atoms with Crippen LogP contribution in [0.1, 0.15) is 38.8 Å². The minimum atomic E-state index is -0.618. The number of hydrogen-bond acceptors (Lipinski definition) is 0. The van der Waals surface area contributed by atoms with Gasteiger partial charge in [-0.05, 0) is 73.8 Å². The number of benzene rings is 3. The molecule has 0 N–H and O–H groups in total. The third-order valence-corrected chi connectivity index (χ3v) is 8.83. The first-order valence-electron chi connectivity index (χ1n) is 10.4. The van der Waals surface area contributed by atoms with Gasteiger partial charge in [0.25, 0.3) is 0 Å². The molecule has 3 aromatic carbocycles. The number of hydrogen-bond donors (Lipinski definition) is 0. The maximum Gasteiger partial charge on any atom is 0.00317 e. The third-order valence-electron chi connectivity index (χ3n) is 6.35. The van der Waals surface area contributed by atoms with Crippen molar-refractivity contribution in [2.24, 2.45) is 5.92 Å². The first kappa shape index (κ1) is 19.9. The van der Waals surface area contributed by atoms with Gasteiger partial charge in [-0.25, -0.2) is 0 Å². The molecule has 0 spiro atoms. The lowest BCUT2D eigenvalue weighted by Crippen LogP contribution is -2.24. The van der Waals surface area contributed by atoms with Crippen molar-refractivity contribution < 1.29 is 0 Å². The molecule has 0 saturated carbocycles. The molecule has 0 heterocycles. The lowest BCUT2D eigenvalue weighted by atomic mass is 9.91. The average molecular weight is 397 g/mol. The molecule has 0 fully saturated rings. The zero-order valence-corrected chi connectivity index (χ0v) is 18.9. The molecular weight excluding hydrogens is 367 g/mol.